The Morgan fingerprint density at radius 2 is 2.06 bits per heavy atom. The zero-order valence-electron chi connectivity index (χ0n) is 10.4. The first-order chi connectivity index (χ1) is 8.17. The van der Waals surface area contributed by atoms with E-state index in [2.05, 4.69) is 5.32 Å². The van der Waals surface area contributed by atoms with Crippen molar-refractivity contribution in [1.29, 1.82) is 0 Å². The minimum Gasteiger partial charge on any atom is -0.481 e. The molecule has 1 unspecified atom stereocenters. The average molecular weight is 236 g/mol. The molecule has 0 aromatic heterocycles. The number of hydrogen-bond acceptors (Lipinski definition) is 3. The highest BCUT2D eigenvalue weighted by Gasteiger charge is 2.13. The Bertz CT molecular complexity index is 349. The lowest BCUT2D eigenvalue weighted by molar-refractivity contribution is -0.127. The summed E-state index contributed by atoms with van der Waals surface area (Å²) in [4.78, 5) is 11.6. The van der Waals surface area contributed by atoms with Crippen molar-refractivity contribution in [2.45, 2.75) is 32.9 Å². The van der Waals surface area contributed by atoms with Crippen molar-refractivity contribution >= 4 is 5.91 Å². The Kier molecular flexibility index (Phi) is 5.49. The molecule has 1 aromatic rings. The lowest BCUT2D eigenvalue weighted by Gasteiger charge is -2.14. The molecule has 1 atom stereocenters. The van der Waals surface area contributed by atoms with Crippen molar-refractivity contribution in [2.75, 3.05) is 6.54 Å². The van der Waals surface area contributed by atoms with Gasteiger partial charge in [0.2, 0.25) is 0 Å². The number of hydrogen-bond donors (Lipinski definition) is 2. The van der Waals surface area contributed by atoms with Crippen LogP contribution in [0.1, 0.15) is 25.8 Å². The van der Waals surface area contributed by atoms with Gasteiger partial charge in [-0.1, -0.05) is 19.1 Å². The quantitative estimate of drug-likeness (QED) is 0.785. The molecule has 0 saturated carbocycles. The zero-order valence-corrected chi connectivity index (χ0v) is 10.4. The van der Waals surface area contributed by atoms with Crippen LogP contribution in [0.2, 0.25) is 0 Å². The predicted octanol–water partition coefficient (Wildman–Crippen LogP) is 1.44. The van der Waals surface area contributed by atoms with Gasteiger partial charge in [-0.25, -0.2) is 0 Å². The maximum atomic E-state index is 11.6. The molecule has 0 fully saturated rings. The topological polar surface area (TPSA) is 64.3 Å². The van der Waals surface area contributed by atoms with E-state index in [1.54, 1.807) is 6.92 Å². The Morgan fingerprint density at radius 1 is 1.41 bits per heavy atom. The van der Waals surface area contributed by atoms with E-state index < -0.39 is 6.10 Å². The standard InChI is InChI=1S/C13H20N2O2/c1-3-8-15-13(16)10(2)17-12-6-4-11(9-14)5-7-12/h4-7,10H,3,8-9,14H2,1-2H3,(H,15,16). The van der Waals surface area contributed by atoms with Crippen molar-refractivity contribution in [3.8, 4) is 5.75 Å². The Labute approximate surface area is 102 Å². The van der Waals surface area contributed by atoms with Crippen molar-refractivity contribution in [1.82, 2.24) is 5.32 Å². The van der Waals surface area contributed by atoms with Gasteiger partial charge in [-0.2, -0.15) is 0 Å². The fraction of sp³-hybridized carbons (Fsp3) is 0.462. The molecule has 0 spiro atoms. The van der Waals surface area contributed by atoms with Gasteiger partial charge in [-0.05, 0) is 31.0 Å². The molecule has 0 bridgehead atoms. The number of amides is 1. The molecule has 0 saturated heterocycles. The number of rotatable bonds is 6. The molecule has 0 aliphatic carbocycles. The van der Waals surface area contributed by atoms with E-state index >= 15 is 0 Å². The maximum Gasteiger partial charge on any atom is 0.260 e. The first kappa shape index (κ1) is 13.5. The normalized spacial score (nSPS) is 11.9. The van der Waals surface area contributed by atoms with Gasteiger partial charge in [-0.15, -0.1) is 0 Å². The van der Waals surface area contributed by atoms with Gasteiger partial charge >= 0.3 is 0 Å². The van der Waals surface area contributed by atoms with Crippen LogP contribution >= 0.6 is 0 Å². The van der Waals surface area contributed by atoms with E-state index in [0.717, 1.165) is 12.0 Å². The average Bonchev–Trinajstić information content (AvgIpc) is 2.36. The van der Waals surface area contributed by atoms with E-state index in [-0.39, 0.29) is 5.91 Å². The Hall–Kier alpha value is -1.55. The number of ether oxygens (including phenoxy) is 1. The van der Waals surface area contributed by atoms with Crippen molar-refractivity contribution in [2.24, 2.45) is 5.73 Å². The number of nitrogens with one attached hydrogen (secondary N) is 1. The molecule has 94 valence electrons. The van der Waals surface area contributed by atoms with Crippen LogP contribution in [0.25, 0.3) is 0 Å². The molecule has 3 N–H and O–H groups in total. The predicted molar refractivity (Wildman–Crippen MR) is 67.7 cm³/mol. The van der Waals surface area contributed by atoms with Gasteiger partial charge in [0.25, 0.3) is 5.91 Å². The van der Waals surface area contributed by atoms with Crippen LogP contribution in [0.3, 0.4) is 0 Å². The Morgan fingerprint density at radius 3 is 2.59 bits per heavy atom. The fourth-order valence-electron chi connectivity index (χ4n) is 1.35. The molecule has 17 heavy (non-hydrogen) atoms. The molecule has 0 aliphatic heterocycles. The largest absolute Gasteiger partial charge is 0.481 e. The number of carbonyl (C=O) groups excluding carboxylic acids is 1. The zero-order chi connectivity index (χ0) is 12.7. The van der Waals surface area contributed by atoms with Crippen LogP contribution in [0, 0.1) is 0 Å². The first-order valence-corrected chi connectivity index (χ1v) is 5.90. The van der Waals surface area contributed by atoms with Crippen molar-refractivity contribution < 1.29 is 9.53 Å². The fourth-order valence-corrected chi connectivity index (χ4v) is 1.35. The summed E-state index contributed by atoms with van der Waals surface area (Å²) in [7, 11) is 0. The maximum absolute atomic E-state index is 11.6. The van der Waals surface area contributed by atoms with Crippen LogP contribution in [0.4, 0.5) is 0 Å². The van der Waals surface area contributed by atoms with Crippen LogP contribution in [0.15, 0.2) is 24.3 Å². The van der Waals surface area contributed by atoms with E-state index in [4.69, 9.17) is 10.5 Å². The minimum absolute atomic E-state index is 0.0882. The summed E-state index contributed by atoms with van der Waals surface area (Å²) >= 11 is 0. The van der Waals surface area contributed by atoms with Gasteiger partial charge in [0.05, 0.1) is 0 Å². The minimum atomic E-state index is -0.481. The smallest absolute Gasteiger partial charge is 0.260 e. The van der Waals surface area contributed by atoms with Gasteiger partial charge < -0.3 is 15.8 Å². The lowest BCUT2D eigenvalue weighted by atomic mass is 10.2. The number of benzene rings is 1. The summed E-state index contributed by atoms with van der Waals surface area (Å²) in [5.41, 5.74) is 6.54. The highest BCUT2D eigenvalue weighted by atomic mass is 16.5. The summed E-state index contributed by atoms with van der Waals surface area (Å²) in [6.07, 6.45) is 0.439. The summed E-state index contributed by atoms with van der Waals surface area (Å²) in [5, 5.41) is 2.79. The molecular formula is C13H20N2O2. The number of carbonyl (C=O) groups is 1. The second kappa shape index (κ2) is 6.91. The van der Waals surface area contributed by atoms with Gasteiger partial charge in [0.15, 0.2) is 6.10 Å². The molecule has 0 radical (unpaired) electrons. The summed E-state index contributed by atoms with van der Waals surface area (Å²) in [6.45, 7) is 4.94. The highest BCUT2D eigenvalue weighted by molar-refractivity contribution is 5.80. The molecule has 0 aliphatic rings. The van der Waals surface area contributed by atoms with Crippen LogP contribution in [-0.4, -0.2) is 18.6 Å². The van der Waals surface area contributed by atoms with E-state index in [1.165, 1.54) is 0 Å². The molecule has 1 amide bonds. The molecule has 4 heteroatoms. The third-order valence-electron chi connectivity index (χ3n) is 2.39. The molecule has 0 heterocycles. The van der Waals surface area contributed by atoms with E-state index in [0.29, 0.717) is 18.8 Å². The highest BCUT2D eigenvalue weighted by Crippen LogP contribution is 2.13. The van der Waals surface area contributed by atoms with Crippen molar-refractivity contribution in [3.05, 3.63) is 29.8 Å². The van der Waals surface area contributed by atoms with Crippen LogP contribution in [0.5, 0.6) is 5.75 Å². The van der Waals surface area contributed by atoms with Gasteiger partial charge in [-0.3, -0.25) is 4.79 Å². The molecular weight excluding hydrogens is 216 g/mol. The van der Waals surface area contributed by atoms with E-state index in [1.807, 2.05) is 31.2 Å². The summed E-state index contributed by atoms with van der Waals surface area (Å²) < 4.78 is 5.52. The monoisotopic (exact) mass is 236 g/mol. The summed E-state index contributed by atoms with van der Waals surface area (Å²) in [5.74, 6) is 0.594. The molecule has 1 rings (SSSR count). The second-order valence-corrected chi connectivity index (χ2v) is 3.90. The second-order valence-electron chi connectivity index (χ2n) is 3.90. The summed E-state index contributed by atoms with van der Waals surface area (Å²) in [6, 6.07) is 7.44. The van der Waals surface area contributed by atoms with Crippen molar-refractivity contribution in [3.63, 3.8) is 0 Å². The SMILES string of the molecule is CCCNC(=O)C(C)Oc1ccc(CN)cc1. The Balaban J connectivity index is 2.49. The first-order valence-electron chi connectivity index (χ1n) is 5.90. The number of nitrogens with two attached hydrogens (primary N) is 1. The third-order valence-corrected chi connectivity index (χ3v) is 2.39. The van der Waals surface area contributed by atoms with Gasteiger partial charge in [0, 0.05) is 13.1 Å². The molecule has 1 aromatic carbocycles. The van der Waals surface area contributed by atoms with Crippen LogP contribution < -0.4 is 15.8 Å². The third kappa shape index (κ3) is 4.44. The van der Waals surface area contributed by atoms with E-state index in [9.17, 15) is 4.79 Å². The lowest BCUT2D eigenvalue weighted by Crippen LogP contribution is -2.36. The van der Waals surface area contributed by atoms with Gasteiger partial charge in [0.1, 0.15) is 5.75 Å². The molecule has 4 nitrogen and oxygen atoms in total. The van der Waals surface area contributed by atoms with Crippen LogP contribution in [-0.2, 0) is 11.3 Å².